The van der Waals surface area contributed by atoms with Crippen molar-refractivity contribution in [2.24, 2.45) is 0 Å². The number of rotatable bonds is 6. The highest BCUT2D eigenvalue weighted by Gasteiger charge is 2.29. The summed E-state index contributed by atoms with van der Waals surface area (Å²) in [6, 6.07) is 5.86. The van der Waals surface area contributed by atoms with Gasteiger partial charge in [0.2, 0.25) is 0 Å². The van der Waals surface area contributed by atoms with E-state index in [1.807, 2.05) is 30.8 Å². The van der Waals surface area contributed by atoms with Crippen molar-refractivity contribution in [1.29, 1.82) is 0 Å². The fraction of sp³-hybridized carbons (Fsp3) is 0.429. The summed E-state index contributed by atoms with van der Waals surface area (Å²) in [7, 11) is 0. The highest BCUT2D eigenvalue weighted by molar-refractivity contribution is 5.89. The second-order valence-corrected chi connectivity index (χ2v) is 9.59. The van der Waals surface area contributed by atoms with Crippen molar-refractivity contribution in [3.63, 3.8) is 0 Å². The molecule has 0 saturated carbocycles. The van der Waals surface area contributed by atoms with Gasteiger partial charge >= 0.3 is 0 Å². The van der Waals surface area contributed by atoms with E-state index in [9.17, 15) is 8.78 Å². The molecular formula is C28H31F2N5O. The van der Waals surface area contributed by atoms with Crippen LogP contribution in [-0.2, 0) is 11.2 Å². The Kier molecular flexibility index (Phi) is 6.79. The summed E-state index contributed by atoms with van der Waals surface area (Å²) in [6.07, 6.45) is 7.07. The van der Waals surface area contributed by atoms with Crippen LogP contribution in [0.1, 0.15) is 80.7 Å². The number of hydrogen-bond donors (Lipinski definition) is 0. The highest BCUT2D eigenvalue weighted by Crippen LogP contribution is 2.39. The fourth-order valence-corrected chi connectivity index (χ4v) is 4.86. The molecule has 3 atom stereocenters. The number of halogens is 2. The first-order valence-electron chi connectivity index (χ1n) is 12.7. The Hall–Kier alpha value is -3.26. The first-order chi connectivity index (χ1) is 17.4. The van der Waals surface area contributed by atoms with E-state index in [1.54, 1.807) is 0 Å². The molecule has 1 fully saturated rings. The molecule has 188 valence electrons. The third kappa shape index (κ3) is 4.62. The molecule has 1 aliphatic heterocycles. The number of fused-ring (bicyclic) bond motifs is 1. The van der Waals surface area contributed by atoms with Crippen LogP contribution in [0.3, 0.4) is 0 Å². The predicted octanol–water partition coefficient (Wildman–Crippen LogP) is 6.64. The van der Waals surface area contributed by atoms with Gasteiger partial charge < -0.3 is 4.74 Å². The predicted molar refractivity (Wildman–Crippen MR) is 135 cm³/mol. The Morgan fingerprint density at radius 3 is 2.72 bits per heavy atom. The van der Waals surface area contributed by atoms with E-state index in [4.69, 9.17) is 19.7 Å². The molecule has 6 nitrogen and oxygen atoms in total. The Labute approximate surface area is 209 Å². The van der Waals surface area contributed by atoms with Gasteiger partial charge in [0.25, 0.3) is 0 Å². The van der Waals surface area contributed by atoms with E-state index in [2.05, 4.69) is 25.1 Å². The molecule has 1 aromatic carbocycles. The third-order valence-electron chi connectivity index (χ3n) is 7.20. The molecule has 3 aromatic heterocycles. The van der Waals surface area contributed by atoms with Crippen LogP contribution in [0, 0.1) is 18.6 Å². The van der Waals surface area contributed by atoms with E-state index in [-0.39, 0.29) is 17.6 Å². The van der Waals surface area contributed by atoms with Gasteiger partial charge in [-0.1, -0.05) is 13.8 Å². The van der Waals surface area contributed by atoms with Crippen LogP contribution in [0.2, 0.25) is 0 Å². The normalized spacial score (nSPS) is 19.1. The number of hydrogen-bond acceptors (Lipinski definition) is 5. The smallest absolute Gasteiger partial charge is 0.135 e. The quantitative estimate of drug-likeness (QED) is 0.302. The van der Waals surface area contributed by atoms with Crippen molar-refractivity contribution in [2.45, 2.75) is 71.4 Å². The zero-order valence-electron chi connectivity index (χ0n) is 21.1. The van der Waals surface area contributed by atoms with E-state index >= 15 is 0 Å². The Balaban J connectivity index is 1.57. The van der Waals surface area contributed by atoms with Gasteiger partial charge in [0.15, 0.2) is 0 Å². The van der Waals surface area contributed by atoms with Crippen LogP contribution in [0.25, 0.3) is 22.3 Å². The van der Waals surface area contributed by atoms with E-state index in [0.717, 1.165) is 48.0 Å². The molecule has 4 heterocycles. The zero-order valence-corrected chi connectivity index (χ0v) is 21.1. The summed E-state index contributed by atoms with van der Waals surface area (Å²) in [6.45, 7) is 8.81. The minimum atomic E-state index is -0.663. The van der Waals surface area contributed by atoms with Gasteiger partial charge in [-0.25, -0.2) is 23.7 Å². The average Bonchev–Trinajstić information content (AvgIpc) is 3.38. The number of pyridine rings is 1. The molecule has 8 heteroatoms. The van der Waals surface area contributed by atoms with Crippen LogP contribution < -0.4 is 0 Å². The van der Waals surface area contributed by atoms with Gasteiger partial charge in [-0.3, -0.25) is 4.68 Å². The highest BCUT2D eigenvalue weighted by atomic mass is 19.1. The number of aryl methyl sites for hydroxylation is 2. The average molecular weight is 492 g/mol. The van der Waals surface area contributed by atoms with Crippen molar-refractivity contribution < 1.29 is 13.5 Å². The van der Waals surface area contributed by atoms with Crippen molar-refractivity contribution >= 4 is 11.0 Å². The van der Waals surface area contributed by atoms with Gasteiger partial charge in [0, 0.05) is 47.7 Å². The van der Waals surface area contributed by atoms with Crippen molar-refractivity contribution in [3.05, 3.63) is 70.9 Å². The van der Waals surface area contributed by atoms with Gasteiger partial charge in [-0.2, -0.15) is 5.10 Å². The van der Waals surface area contributed by atoms with Crippen molar-refractivity contribution in [1.82, 2.24) is 24.7 Å². The Morgan fingerprint density at radius 2 is 1.97 bits per heavy atom. The summed E-state index contributed by atoms with van der Waals surface area (Å²) < 4.78 is 36.7. The molecule has 1 unspecified atom stereocenters. The van der Waals surface area contributed by atoms with Crippen molar-refractivity contribution in [3.8, 4) is 11.3 Å². The van der Waals surface area contributed by atoms with Gasteiger partial charge in [-0.15, -0.1) is 0 Å². The largest absolute Gasteiger partial charge is 0.373 e. The van der Waals surface area contributed by atoms with Gasteiger partial charge in [-0.05, 0) is 57.7 Å². The molecular weight excluding hydrogens is 460 g/mol. The Morgan fingerprint density at radius 1 is 1.14 bits per heavy atom. The summed E-state index contributed by atoms with van der Waals surface area (Å²) in [5.41, 5.74) is 5.37. The minimum absolute atomic E-state index is 0.0929. The minimum Gasteiger partial charge on any atom is -0.373 e. The first kappa shape index (κ1) is 24.4. The second-order valence-electron chi connectivity index (χ2n) is 9.59. The molecule has 4 aromatic rings. The topological polar surface area (TPSA) is 65.7 Å². The lowest BCUT2D eigenvalue weighted by atomic mass is 9.89. The maximum absolute atomic E-state index is 14.9. The van der Waals surface area contributed by atoms with Crippen LogP contribution in [0.15, 0.2) is 36.7 Å². The maximum atomic E-state index is 14.9. The van der Waals surface area contributed by atoms with E-state index in [1.165, 1.54) is 12.1 Å². The van der Waals surface area contributed by atoms with Crippen LogP contribution in [0.5, 0.6) is 0 Å². The number of aromatic nitrogens is 5. The SMILES string of the molecule is CCc1nc2c(-c3ccc(F)cc3F)nc([C@H]3CCO[C@H](c4cnn(C(C)CC)c4)C3)cc2nc1C. The maximum Gasteiger partial charge on any atom is 0.135 e. The summed E-state index contributed by atoms with van der Waals surface area (Å²) in [4.78, 5) is 14.5. The fourth-order valence-electron chi connectivity index (χ4n) is 4.86. The molecule has 0 bridgehead atoms. The number of benzene rings is 1. The lowest BCUT2D eigenvalue weighted by molar-refractivity contribution is 0.00461. The molecule has 0 N–H and O–H groups in total. The standard InChI is InChI=1S/C28H31F2N5O/c1-5-16(3)35-15-19(14-31-35)26-11-18(9-10-36-26)24-13-25-28(33-23(6-2)17(4)32-25)27(34-24)21-8-7-20(29)12-22(21)30/h7-8,12-16,18,26H,5-6,9-11H2,1-4H3/t16?,18-,26-/m0/s1. The molecule has 0 amide bonds. The molecule has 0 spiro atoms. The lowest BCUT2D eigenvalue weighted by Gasteiger charge is -2.29. The molecule has 0 radical (unpaired) electrons. The van der Waals surface area contributed by atoms with Gasteiger partial charge in [0.05, 0.1) is 29.2 Å². The first-order valence-corrected chi connectivity index (χ1v) is 12.7. The van der Waals surface area contributed by atoms with Gasteiger partial charge in [0.1, 0.15) is 22.8 Å². The van der Waals surface area contributed by atoms with Crippen LogP contribution in [0.4, 0.5) is 8.78 Å². The monoisotopic (exact) mass is 491 g/mol. The second kappa shape index (κ2) is 10.0. The van der Waals surface area contributed by atoms with Crippen molar-refractivity contribution in [2.75, 3.05) is 6.61 Å². The van der Waals surface area contributed by atoms with Crippen LogP contribution >= 0.6 is 0 Å². The van der Waals surface area contributed by atoms with E-state index < -0.39 is 11.6 Å². The molecule has 5 rings (SSSR count). The molecule has 36 heavy (non-hydrogen) atoms. The molecule has 1 aliphatic rings. The summed E-state index contributed by atoms with van der Waals surface area (Å²) in [5, 5.41) is 4.53. The zero-order chi connectivity index (χ0) is 25.4. The number of nitrogens with zero attached hydrogens (tertiary/aromatic N) is 5. The summed E-state index contributed by atoms with van der Waals surface area (Å²) in [5.74, 6) is -1.20. The summed E-state index contributed by atoms with van der Waals surface area (Å²) >= 11 is 0. The Bertz CT molecular complexity index is 1400. The third-order valence-corrected chi connectivity index (χ3v) is 7.20. The van der Waals surface area contributed by atoms with Crippen LogP contribution in [-0.4, -0.2) is 31.3 Å². The molecule has 1 saturated heterocycles. The van der Waals surface area contributed by atoms with E-state index in [0.29, 0.717) is 35.8 Å². The lowest BCUT2D eigenvalue weighted by Crippen LogP contribution is -2.19. The number of ether oxygens (including phenoxy) is 1. The molecule has 0 aliphatic carbocycles.